The van der Waals surface area contributed by atoms with Crippen LogP contribution in [0.5, 0.6) is 0 Å². The summed E-state index contributed by atoms with van der Waals surface area (Å²) in [7, 11) is 0. The van der Waals surface area contributed by atoms with Crippen LogP contribution in [-0.4, -0.2) is 4.98 Å². The van der Waals surface area contributed by atoms with E-state index in [0.29, 0.717) is 0 Å². The molecule has 19 heavy (non-hydrogen) atoms. The first-order valence-electron chi connectivity index (χ1n) is 7.35. The maximum Gasteiger partial charge on any atom is 0.0938 e. The van der Waals surface area contributed by atoms with Crippen molar-refractivity contribution < 1.29 is 0 Å². The number of hydrogen-bond acceptors (Lipinski definition) is 2. The zero-order valence-corrected chi connectivity index (χ0v) is 12.4. The summed E-state index contributed by atoms with van der Waals surface area (Å²) in [5.41, 5.74) is 1.16. The number of rotatable bonds is 9. The smallest absolute Gasteiger partial charge is 0.0938 e. The van der Waals surface area contributed by atoms with Gasteiger partial charge >= 0.3 is 0 Å². The second kappa shape index (κ2) is 8.11. The van der Waals surface area contributed by atoms with Gasteiger partial charge in [0.2, 0.25) is 0 Å². The fourth-order valence-corrected chi connectivity index (χ4v) is 3.31. The van der Waals surface area contributed by atoms with Gasteiger partial charge in [0.15, 0.2) is 0 Å². The molecule has 0 fully saturated rings. The van der Waals surface area contributed by atoms with Crippen molar-refractivity contribution in [1.82, 2.24) is 4.98 Å². The van der Waals surface area contributed by atoms with Crippen LogP contribution in [-0.2, 0) is 6.42 Å². The van der Waals surface area contributed by atoms with Gasteiger partial charge in [-0.2, -0.15) is 0 Å². The molecule has 2 rings (SSSR count). The number of allylic oxidation sites excluding steroid dienone is 1. The number of thiazole rings is 1. The third-order valence-corrected chi connectivity index (χ3v) is 4.48. The molecule has 0 aliphatic heterocycles. The molecule has 0 saturated carbocycles. The first kappa shape index (κ1) is 14.3. The molecule has 1 nitrogen and oxygen atoms in total. The summed E-state index contributed by atoms with van der Waals surface area (Å²) >= 11 is 1.85. The number of benzene rings is 1. The third-order valence-electron chi connectivity index (χ3n) is 3.39. The fraction of sp³-hybridized carbons (Fsp3) is 0.471. The topological polar surface area (TPSA) is 12.9 Å². The molecular weight excluding hydrogens is 250 g/mol. The van der Waals surface area contributed by atoms with Gasteiger partial charge in [0.25, 0.3) is 0 Å². The van der Waals surface area contributed by atoms with Gasteiger partial charge in [-0.3, -0.25) is 0 Å². The number of para-hydroxylation sites is 1. The summed E-state index contributed by atoms with van der Waals surface area (Å²) in [6.07, 6.45) is 12.3. The lowest BCUT2D eigenvalue weighted by Gasteiger charge is -1.99. The largest absolute Gasteiger partial charge is 0.241 e. The summed E-state index contributed by atoms with van der Waals surface area (Å²) in [5.74, 6) is 0. The van der Waals surface area contributed by atoms with Crippen molar-refractivity contribution in [3.05, 3.63) is 41.9 Å². The van der Waals surface area contributed by atoms with E-state index in [4.69, 9.17) is 0 Å². The summed E-state index contributed by atoms with van der Waals surface area (Å²) in [6, 6.07) is 8.42. The Bertz CT molecular complexity index is 468. The van der Waals surface area contributed by atoms with Crippen LogP contribution in [0, 0.1) is 0 Å². The number of aryl methyl sites for hydroxylation is 1. The first-order valence-corrected chi connectivity index (χ1v) is 8.17. The molecule has 1 heterocycles. The monoisotopic (exact) mass is 273 g/mol. The molecule has 0 aliphatic carbocycles. The second-order valence-electron chi connectivity index (χ2n) is 5.02. The zero-order chi connectivity index (χ0) is 13.3. The Hall–Kier alpha value is -1.15. The molecular formula is C17H23NS. The molecule has 0 spiro atoms. The normalized spacial score (nSPS) is 10.9. The standard InChI is InChI=1S/C17H23NS/c1-2-3-4-5-6-7-8-9-14-17-18-15-12-10-11-13-16(15)19-17/h2,10-13H,1,3-9,14H2. The van der Waals surface area contributed by atoms with Crippen molar-refractivity contribution >= 4 is 21.6 Å². The van der Waals surface area contributed by atoms with E-state index in [9.17, 15) is 0 Å². The fourth-order valence-electron chi connectivity index (χ4n) is 2.30. The second-order valence-corrected chi connectivity index (χ2v) is 6.14. The summed E-state index contributed by atoms with van der Waals surface area (Å²) in [4.78, 5) is 4.68. The lowest BCUT2D eigenvalue weighted by atomic mass is 10.1. The highest BCUT2D eigenvalue weighted by Gasteiger charge is 2.02. The van der Waals surface area contributed by atoms with Crippen LogP contribution in [0.3, 0.4) is 0 Å². The van der Waals surface area contributed by atoms with Crippen LogP contribution in [0.1, 0.15) is 50.0 Å². The average Bonchev–Trinajstić information content (AvgIpc) is 2.84. The minimum atomic E-state index is 1.14. The van der Waals surface area contributed by atoms with E-state index < -0.39 is 0 Å². The van der Waals surface area contributed by atoms with Crippen molar-refractivity contribution in [1.29, 1.82) is 0 Å². The molecule has 0 saturated heterocycles. The Morgan fingerprint density at radius 1 is 1.00 bits per heavy atom. The molecule has 1 aromatic carbocycles. The van der Waals surface area contributed by atoms with E-state index in [-0.39, 0.29) is 0 Å². The number of hydrogen-bond donors (Lipinski definition) is 0. The minimum Gasteiger partial charge on any atom is -0.241 e. The lowest BCUT2D eigenvalue weighted by molar-refractivity contribution is 0.596. The van der Waals surface area contributed by atoms with Crippen molar-refractivity contribution in [3.63, 3.8) is 0 Å². The zero-order valence-electron chi connectivity index (χ0n) is 11.6. The number of aromatic nitrogens is 1. The maximum atomic E-state index is 4.68. The maximum absolute atomic E-state index is 4.68. The van der Waals surface area contributed by atoms with E-state index in [2.05, 4.69) is 35.8 Å². The number of nitrogens with zero attached hydrogens (tertiary/aromatic N) is 1. The molecule has 0 aliphatic rings. The summed E-state index contributed by atoms with van der Waals surface area (Å²) < 4.78 is 1.32. The first-order chi connectivity index (χ1) is 9.40. The van der Waals surface area contributed by atoms with Crippen LogP contribution in [0.2, 0.25) is 0 Å². The Kier molecular flexibility index (Phi) is 6.09. The molecule has 0 radical (unpaired) electrons. The van der Waals surface area contributed by atoms with Crippen LogP contribution < -0.4 is 0 Å². The van der Waals surface area contributed by atoms with Gasteiger partial charge in [0.1, 0.15) is 0 Å². The molecule has 0 unspecified atom stereocenters. The number of fused-ring (bicyclic) bond motifs is 1. The third kappa shape index (κ3) is 4.79. The minimum absolute atomic E-state index is 1.14. The van der Waals surface area contributed by atoms with Crippen molar-refractivity contribution in [2.24, 2.45) is 0 Å². The molecule has 2 heteroatoms. The van der Waals surface area contributed by atoms with Crippen LogP contribution in [0.4, 0.5) is 0 Å². The van der Waals surface area contributed by atoms with E-state index >= 15 is 0 Å². The van der Waals surface area contributed by atoms with Gasteiger partial charge in [-0.15, -0.1) is 17.9 Å². The lowest BCUT2D eigenvalue weighted by Crippen LogP contribution is -1.85. The van der Waals surface area contributed by atoms with Crippen LogP contribution in [0.15, 0.2) is 36.9 Å². The Morgan fingerprint density at radius 2 is 1.74 bits per heavy atom. The highest BCUT2D eigenvalue weighted by atomic mass is 32.1. The molecule has 102 valence electrons. The van der Waals surface area contributed by atoms with E-state index in [1.54, 1.807) is 0 Å². The van der Waals surface area contributed by atoms with Gasteiger partial charge in [-0.25, -0.2) is 4.98 Å². The van der Waals surface area contributed by atoms with Gasteiger partial charge in [0, 0.05) is 0 Å². The van der Waals surface area contributed by atoms with Crippen molar-refractivity contribution in [2.45, 2.75) is 51.4 Å². The van der Waals surface area contributed by atoms with E-state index in [1.165, 1.54) is 54.7 Å². The van der Waals surface area contributed by atoms with Gasteiger partial charge in [-0.05, 0) is 37.8 Å². The Labute approximate surface area is 120 Å². The van der Waals surface area contributed by atoms with Crippen LogP contribution >= 0.6 is 11.3 Å². The molecule has 0 N–H and O–H groups in total. The van der Waals surface area contributed by atoms with E-state index in [0.717, 1.165) is 11.9 Å². The Morgan fingerprint density at radius 3 is 2.53 bits per heavy atom. The average molecular weight is 273 g/mol. The van der Waals surface area contributed by atoms with Gasteiger partial charge < -0.3 is 0 Å². The van der Waals surface area contributed by atoms with Gasteiger partial charge in [0.05, 0.1) is 15.2 Å². The molecule has 2 aromatic rings. The SMILES string of the molecule is C=CCCCCCCCCc1nc2ccccc2s1. The highest BCUT2D eigenvalue weighted by molar-refractivity contribution is 7.18. The molecule has 0 atom stereocenters. The number of unbranched alkanes of at least 4 members (excludes halogenated alkanes) is 6. The van der Waals surface area contributed by atoms with E-state index in [1.807, 2.05) is 17.4 Å². The molecule has 0 amide bonds. The predicted molar refractivity (Wildman–Crippen MR) is 85.8 cm³/mol. The summed E-state index contributed by atoms with van der Waals surface area (Å²) in [5, 5.41) is 1.30. The molecule has 1 aromatic heterocycles. The van der Waals surface area contributed by atoms with Crippen molar-refractivity contribution in [3.8, 4) is 0 Å². The highest BCUT2D eigenvalue weighted by Crippen LogP contribution is 2.23. The quantitative estimate of drug-likeness (QED) is 0.418. The van der Waals surface area contributed by atoms with Crippen molar-refractivity contribution in [2.75, 3.05) is 0 Å². The Balaban J connectivity index is 1.61. The summed E-state index contributed by atoms with van der Waals surface area (Å²) in [6.45, 7) is 3.75. The van der Waals surface area contributed by atoms with Gasteiger partial charge in [-0.1, -0.05) is 43.9 Å². The van der Waals surface area contributed by atoms with Crippen LogP contribution in [0.25, 0.3) is 10.2 Å². The molecule has 0 bridgehead atoms. The predicted octanol–water partition coefficient (Wildman–Crippen LogP) is 5.76.